The molecule has 5 rings (SSSR count). The molecule has 1 N–H and O–H groups in total. The first-order valence-electron chi connectivity index (χ1n) is 10.3. The summed E-state index contributed by atoms with van der Waals surface area (Å²) in [5.74, 6) is 2.45. The first kappa shape index (κ1) is 16.9. The van der Waals surface area contributed by atoms with E-state index in [4.69, 9.17) is 9.15 Å². The van der Waals surface area contributed by atoms with Crippen molar-refractivity contribution in [3.8, 4) is 0 Å². The van der Waals surface area contributed by atoms with E-state index >= 15 is 0 Å². The number of fused-ring (bicyclic) bond motifs is 5. The maximum atomic E-state index is 11.4. The molecular formula is C22H30O4. The summed E-state index contributed by atoms with van der Waals surface area (Å²) in [4.78, 5) is 11.3. The second-order valence-electron chi connectivity index (χ2n) is 9.85. The Balaban J connectivity index is 1.47. The molecule has 3 saturated carbocycles. The predicted molar refractivity (Wildman–Crippen MR) is 96.6 cm³/mol. The third kappa shape index (κ3) is 2.14. The van der Waals surface area contributed by atoms with E-state index in [0.717, 1.165) is 25.7 Å². The number of rotatable bonds is 2. The Morgan fingerprint density at radius 3 is 3.00 bits per heavy atom. The van der Waals surface area contributed by atoms with Crippen LogP contribution in [0.3, 0.4) is 0 Å². The maximum Gasteiger partial charge on any atom is 0.302 e. The summed E-state index contributed by atoms with van der Waals surface area (Å²) in [6.45, 7) is 4.11. The lowest BCUT2D eigenvalue weighted by Crippen LogP contribution is -2.51. The van der Waals surface area contributed by atoms with Crippen LogP contribution in [0.15, 0.2) is 16.7 Å². The number of furan rings is 1. The summed E-state index contributed by atoms with van der Waals surface area (Å²) >= 11 is 0. The van der Waals surface area contributed by atoms with Crippen molar-refractivity contribution in [3.63, 3.8) is 0 Å². The molecule has 0 aliphatic heterocycles. The number of carbonyl (C=O) groups excluding carboxylic acids is 1. The van der Waals surface area contributed by atoms with Crippen LogP contribution >= 0.6 is 0 Å². The zero-order valence-corrected chi connectivity index (χ0v) is 15.9. The molecule has 0 saturated heterocycles. The van der Waals surface area contributed by atoms with Crippen LogP contribution in [0.5, 0.6) is 0 Å². The van der Waals surface area contributed by atoms with E-state index < -0.39 is 5.60 Å². The molecule has 0 aromatic carbocycles. The van der Waals surface area contributed by atoms with Gasteiger partial charge in [-0.2, -0.15) is 0 Å². The molecule has 142 valence electrons. The third-order valence-corrected chi connectivity index (χ3v) is 8.71. The molecule has 26 heavy (non-hydrogen) atoms. The van der Waals surface area contributed by atoms with Gasteiger partial charge in [0.2, 0.25) is 0 Å². The zero-order chi connectivity index (χ0) is 18.2. The molecule has 4 aliphatic carbocycles. The lowest BCUT2D eigenvalue weighted by molar-refractivity contribution is -0.151. The molecule has 4 aliphatic rings. The van der Waals surface area contributed by atoms with E-state index in [1.54, 1.807) is 0 Å². The van der Waals surface area contributed by atoms with Crippen LogP contribution in [0.25, 0.3) is 0 Å². The van der Waals surface area contributed by atoms with Gasteiger partial charge < -0.3 is 14.3 Å². The maximum absolute atomic E-state index is 11.4. The fourth-order valence-electron chi connectivity index (χ4n) is 7.72. The van der Waals surface area contributed by atoms with Gasteiger partial charge in [-0.3, -0.25) is 4.79 Å². The summed E-state index contributed by atoms with van der Waals surface area (Å²) in [5, 5.41) is 11.4. The first-order valence-corrected chi connectivity index (χ1v) is 10.3. The minimum Gasteiger partial charge on any atom is -0.469 e. The molecule has 1 spiro atoms. The second-order valence-corrected chi connectivity index (χ2v) is 9.85. The van der Waals surface area contributed by atoms with E-state index in [2.05, 4.69) is 13.0 Å². The number of aliphatic hydroxyl groups is 1. The van der Waals surface area contributed by atoms with Crippen molar-refractivity contribution < 1.29 is 19.1 Å². The van der Waals surface area contributed by atoms with Crippen LogP contribution in [-0.4, -0.2) is 23.3 Å². The fraction of sp³-hybridized carbons (Fsp3) is 0.773. The SMILES string of the molecule is CC(=O)OC[C@@]1(O)C[C@@]23CC[C@@H]4c5ccoc5CC[C@@]4(C)[C@@H]2CCC1C3. The van der Waals surface area contributed by atoms with Crippen LogP contribution in [-0.2, 0) is 16.0 Å². The average molecular weight is 358 g/mol. The highest BCUT2D eigenvalue weighted by Gasteiger charge is 2.66. The van der Waals surface area contributed by atoms with Gasteiger partial charge in [-0.05, 0) is 85.2 Å². The van der Waals surface area contributed by atoms with E-state index in [-0.39, 0.29) is 23.9 Å². The average Bonchev–Trinajstić information content (AvgIpc) is 3.14. The summed E-state index contributed by atoms with van der Waals surface area (Å²) in [7, 11) is 0. The van der Waals surface area contributed by atoms with E-state index in [1.807, 2.05) is 6.26 Å². The van der Waals surface area contributed by atoms with E-state index in [0.29, 0.717) is 17.3 Å². The van der Waals surface area contributed by atoms with Crippen molar-refractivity contribution in [1.82, 2.24) is 0 Å². The molecular weight excluding hydrogens is 328 g/mol. The molecule has 1 aromatic rings. The van der Waals surface area contributed by atoms with E-state index in [9.17, 15) is 9.90 Å². The van der Waals surface area contributed by atoms with Crippen LogP contribution in [0.1, 0.15) is 76.0 Å². The molecule has 1 unspecified atom stereocenters. The highest BCUT2D eigenvalue weighted by Crippen LogP contribution is 2.72. The topological polar surface area (TPSA) is 59.7 Å². The first-order chi connectivity index (χ1) is 12.4. The van der Waals surface area contributed by atoms with E-state index in [1.165, 1.54) is 43.9 Å². The number of hydrogen-bond acceptors (Lipinski definition) is 4. The molecule has 0 amide bonds. The lowest BCUT2D eigenvalue weighted by Gasteiger charge is -2.59. The molecule has 2 bridgehead atoms. The number of esters is 1. The summed E-state index contributed by atoms with van der Waals surface area (Å²) in [6.07, 6.45) is 10.7. The van der Waals surface area contributed by atoms with Gasteiger partial charge in [0.05, 0.1) is 6.26 Å². The van der Waals surface area contributed by atoms with Crippen molar-refractivity contribution in [2.24, 2.45) is 22.7 Å². The smallest absolute Gasteiger partial charge is 0.302 e. The van der Waals surface area contributed by atoms with Crippen LogP contribution in [0.4, 0.5) is 0 Å². The lowest BCUT2D eigenvalue weighted by atomic mass is 9.45. The largest absolute Gasteiger partial charge is 0.469 e. The molecule has 6 atom stereocenters. The minimum absolute atomic E-state index is 0.174. The van der Waals surface area contributed by atoms with Crippen molar-refractivity contribution >= 4 is 5.97 Å². The summed E-state index contributed by atoms with van der Waals surface area (Å²) in [5.41, 5.74) is 1.15. The monoisotopic (exact) mass is 358 g/mol. The molecule has 4 heteroatoms. The molecule has 4 nitrogen and oxygen atoms in total. The van der Waals surface area contributed by atoms with Crippen molar-refractivity contribution in [3.05, 3.63) is 23.7 Å². The Kier molecular flexibility index (Phi) is 3.48. The van der Waals surface area contributed by atoms with Crippen LogP contribution in [0.2, 0.25) is 0 Å². The Hall–Kier alpha value is -1.29. The van der Waals surface area contributed by atoms with Crippen LogP contribution < -0.4 is 0 Å². The Labute approximate surface area is 155 Å². The van der Waals surface area contributed by atoms with Crippen molar-refractivity contribution in [1.29, 1.82) is 0 Å². The van der Waals surface area contributed by atoms with Gasteiger partial charge in [0.15, 0.2) is 0 Å². The molecule has 0 radical (unpaired) electrons. The van der Waals surface area contributed by atoms with Gasteiger partial charge in [0.1, 0.15) is 18.0 Å². The molecule has 1 aromatic heterocycles. The quantitative estimate of drug-likeness (QED) is 0.805. The van der Waals surface area contributed by atoms with Gasteiger partial charge in [-0.25, -0.2) is 0 Å². The molecule has 1 heterocycles. The minimum atomic E-state index is -0.820. The Morgan fingerprint density at radius 2 is 2.19 bits per heavy atom. The standard InChI is InChI=1S/C22H30O4/c1-14(23)26-13-22(24)12-21-9-5-17-16-7-10-25-18(16)6-8-20(17,2)19(21)4-3-15(22)11-21/h7,10,15,17,19,24H,3-6,8-9,11-13H2,1-2H3/t15?,17-,19+,20-,21+,22+/m1/s1. The zero-order valence-electron chi connectivity index (χ0n) is 15.9. The van der Waals surface area contributed by atoms with Crippen LogP contribution in [0, 0.1) is 22.7 Å². The Bertz CT molecular complexity index is 738. The third-order valence-electron chi connectivity index (χ3n) is 8.71. The number of carbonyl (C=O) groups is 1. The van der Waals surface area contributed by atoms with Gasteiger partial charge >= 0.3 is 5.97 Å². The van der Waals surface area contributed by atoms with Gasteiger partial charge in [-0.1, -0.05) is 6.92 Å². The second kappa shape index (κ2) is 5.37. The summed E-state index contributed by atoms with van der Waals surface area (Å²) < 4.78 is 11.0. The number of aryl methyl sites for hydroxylation is 1. The number of hydrogen-bond donors (Lipinski definition) is 1. The van der Waals surface area contributed by atoms with Crippen molar-refractivity contribution in [2.75, 3.05) is 6.61 Å². The highest BCUT2D eigenvalue weighted by molar-refractivity contribution is 5.66. The van der Waals surface area contributed by atoms with Gasteiger partial charge in [-0.15, -0.1) is 0 Å². The number of ether oxygens (including phenoxy) is 1. The fourth-order valence-corrected chi connectivity index (χ4v) is 7.72. The highest BCUT2D eigenvalue weighted by atomic mass is 16.5. The Morgan fingerprint density at radius 1 is 1.35 bits per heavy atom. The van der Waals surface area contributed by atoms with Gasteiger partial charge in [0.25, 0.3) is 0 Å². The van der Waals surface area contributed by atoms with Gasteiger partial charge in [0, 0.05) is 13.3 Å². The van der Waals surface area contributed by atoms with Crippen molar-refractivity contribution in [2.45, 2.75) is 76.7 Å². The predicted octanol–water partition coefficient (Wildman–Crippen LogP) is 4.21. The normalized spacial score (nSPS) is 46.2. The summed E-state index contributed by atoms with van der Waals surface area (Å²) in [6, 6.07) is 2.20. The molecule has 3 fully saturated rings.